The quantitative estimate of drug-likeness (QED) is 0.445. The maximum Gasteiger partial charge on any atom is 0.0364 e. The van der Waals surface area contributed by atoms with E-state index in [0.29, 0.717) is 17.8 Å². The van der Waals surface area contributed by atoms with Gasteiger partial charge in [-0.25, -0.2) is 0 Å². The minimum atomic E-state index is -0.173. The molecule has 1 aliphatic rings. The minimum absolute atomic E-state index is 0.0280. The third kappa shape index (κ3) is 1.80. The van der Waals surface area contributed by atoms with Crippen LogP contribution in [0.25, 0.3) is 0 Å². The van der Waals surface area contributed by atoms with E-state index in [1.165, 1.54) is 0 Å². The Morgan fingerprint density at radius 3 is 1.64 bits per heavy atom. The summed E-state index contributed by atoms with van der Waals surface area (Å²) < 4.78 is 0. The van der Waals surface area contributed by atoms with Crippen molar-refractivity contribution in [1.29, 1.82) is 0 Å². The normalized spacial score (nSPS) is 49.7. The molecular formula is C10H24N4. The molecule has 1 aliphatic carbocycles. The van der Waals surface area contributed by atoms with E-state index in [0.717, 1.165) is 0 Å². The molecular weight excluding hydrogens is 176 g/mol. The first kappa shape index (κ1) is 11.9. The average Bonchev–Trinajstić information content (AvgIpc) is 2.11. The van der Waals surface area contributed by atoms with Gasteiger partial charge >= 0.3 is 0 Å². The molecule has 0 bridgehead atoms. The monoisotopic (exact) mass is 200 g/mol. The van der Waals surface area contributed by atoms with E-state index in [2.05, 4.69) is 20.8 Å². The molecule has 84 valence electrons. The van der Waals surface area contributed by atoms with Crippen molar-refractivity contribution in [2.75, 3.05) is 0 Å². The first-order valence-electron chi connectivity index (χ1n) is 5.40. The van der Waals surface area contributed by atoms with Crippen molar-refractivity contribution in [1.82, 2.24) is 0 Å². The second-order valence-corrected chi connectivity index (χ2v) is 4.99. The fraction of sp³-hybridized carbons (Fsp3) is 1.00. The molecule has 0 aromatic rings. The van der Waals surface area contributed by atoms with Crippen LogP contribution in [0.5, 0.6) is 0 Å². The molecule has 0 saturated heterocycles. The van der Waals surface area contributed by atoms with Gasteiger partial charge in [0.15, 0.2) is 0 Å². The van der Waals surface area contributed by atoms with E-state index < -0.39 is 0 Å². The fourth-order valence-electron chi connectivity index (χ4n) is 2.78. The van der Waals surface area contributed by atoms with Crippen LogP contribution >= 0.6 is 0 Å². The van der Waals surface area contributed by atoms with Gasteiger partial charge in [0.05, 0.1) is 0 Å². The first-order chi connectivity index (χ1) is 6.37. The summed E-state index contributed by atoms with van der Waals surface area (Å²) in [5.74, 6) is 1.23. The number of hydrogen-bond donors (Lipinski definition) is 4. The molecule has 1 rings (SSSR count). The molecule has 8 N–H and O–H groups in total. The Kier molecular flexibility index (Phi) is 3.53. The highest BCUT2D eigenvalue weighted by atomic mass is 14.9. The van der Waals surface area contributed by atoms with Crippen molar-refractivity contribution in [2.24, 2.45) is 40.7 Å². The lowest BCUT2D eigenvalue weighted by Gasteiger charge is -2.47. The summed E-state index contributed by atoms with van der Waals surface area (Å²) in [6, 6.07) is -0.402. The Balaban J connectivity index is 2.86. The molecule has 0 heterocycles. The average molecular weight is 200 g/mol. The Morgan fingerprint density at radius 1 is 0.786 bits per heavy atom. The van der Waals surface area contributed by atoms with Crippen LogP contribution in [0, 0.1) is 17.8 Å². The van der Waals surface area contributed by atoms with E-state index in [-0.39, 0.29) is 24.2 Å². The van der Waals surface area contributed by atoms with Gasteiger partial charge in [-0.2, -0.15) is 0 Å². The van der Waals surface area contributed by atoms with Gasteiger partial charge in [0.2, 0.25) is 0 Å². The third-order valence-corrected chi connectivity index (χ3v) is 3.76. The molecule has 4 heteroatoms. The van der Waals surface area contributed by atoms with Crippen LogP contribution in [0.3, 0.4) is 0 Å². The van der Waals surface area contributed by atoms with Crippen LogP contribution in [0.2, 0.25) is 0 Å². The van der Waals surface area contributed by atoms with Crippen molar-refractivity contribution in [3.05, 3.63) is 0 Å². The molecule has 0 spiro atoms. The predicted octanol–water partition coefficient (Wildman–Crippen LogP) is -0.782. The highest BCUT2D eigenvalue weighted by Crippen LogP contribution is 2.32. The maximum atomic E-state index is 6.11. The summed E-state index contributed by atoms with van der Waals surface area (Å²) in [7, 11) is 0. The summed E-state index contributed by atoms with van der Waals surface area (Å²) in [4.78, 5) is 0. The van der Waals surface area contributed by atoms with Crippen LogP contribution in [0.15, 0.2) is 0 Å². The van der Waals surface area contributed by atoms with E-state index in [4.69, 9.17) is 22.9 Å². The van der Waals surface area contributed by atoms with Gasteiger partial charge in [0.25, 0.3) is 0 Å². The summed E-state index contributed by atoms with van der Waals surface area (Å²) in [6.45, 7) is 6.45. The molecule has 6 atom stereocenters. The van der Waals surface area contributed by atoms with Crippen molar-refractivity contribution >= 4 is 0 Å². The van der Waals surface area contributed by atoms with Crippen molar-refractivity contribution < 1.29 is 0 Å². The molecule has 0 aromatic carbocycles. The highest BCUT2D eigenvalue weighted by molar-refractivity contribution is 5.04. The largest absolute Gasteiger partial charge is 0.326 e. The lowest BCUT2D eigenvalue weighted by Crippen LogP contribution is -2.70. The number of rotatable bonds is 1. The summed E-state index contributed by atoms with van der Waals surface area (Å²) in [5.41, 5.74) is 24.1. The minimum Gasteiger partial charge on any atom is -0.326 e. The standard InChI is InChI=1S/C10H24N4/c1-4(2)6-5(3)7(11)9(13)10(14)8(6)12/h4-10H,11-14H2,1-3H3. The molecule has 1 fully saturated rings. The molecule has 4 nitrogen and oxygen atoms in total. The van der Waals surface area contributed by atoms with Gasteiger partial charge in [-0.15, -0.1) is 0 Å². The van der Waals surface area contributed by atoms with Gasteiger partial charge in [-0.1, -0.05) is 20.8 Å². The maximum absolute atomic E-state index is 6.11. The Morgan fingerprint density at radius 2 is 1.21 bits per heavy atom. The van der Waals surface area contributed by atoms with Gasteiger partial charge < -0.3 is 22.9 Å². The molecule has 0 radical (unpaired) electrons. The van der Waals surface area contributed by atoms with E-state index in [1.807, 2.05) is 0 Å². The summed E-state index contributed by atoms with van der Waals surface area (Å²) >= 11 is 0. The topological polar surface area (TPSA) is 104 Å². The second kappa shape index (κ2) is 4.14. The Hall–Kier alpha value is -0.160. The Bertz CT molecular complexity index is 179. The van der Waals surface area contributed by atoms with E-state index >= 15 is 0 Å². The van der Waals surface area contributed by atoms with E-state index in [1.54, 1.807) is 0 Å². The van der Waals surface area contributed by atoms with Crippen LogP contribution in [0.4, 0.5) is 0 Å². The molecule has 0 amide bonds. The number of nitrogens with two attached hydrogens (primary N) is 4. The molecule has 6 unspecified atom stereocenters. The predicted molar refractivity (Wildman–Crippen MR) is 59.4 cm³/mol. The van der Waals surface area contributed by atoms with Crippen molar-refractivity contribution in [2.45, 2.75) is 44.9 Å². The van der Waals surface area contributed by atoms with Crippen molar-refractivity contribution in [3.8, 4) is 0 Å². The SMILES string of the molecule is CC(C)C1C(C)C(N)C(N)C(N)C1N. The van der Waals surface area contributed by atoms with Gasteiger partial charge in [-0.3, -0.25) is 0 Å². The van der Waals surface area contributed by atoms with Gasteiger partial charge in [0.1, 0.15) is 0 Å². The van der Waals surface area contributed by atoms with Crippen LogP contribution in [-0.4, -0.2) is 24.2 Å². The lowest BCUT2D eigenvalue weighted by molar-refractivity contribution is 0.110. The summed E-state index contributed by atoms with van der Waals surface area (Å²) in [6.07, 6.45) is 0. The molecule has 14 heavy (non-hydrogen) atoms. The third-order valence-electron chi connectivity index (χ3n) is 3.76. The molecule has 1 saturated carbocycles. The van der Waals surface area contributed by atoms with E-state index in [9.17, 15) is 0 Å². The zero-order valence-electron chi connectivity index (χ0n) is 9.35. The van der Waals surface area contributed by atoms with Crippen molar-refractivity contribution in [3.63, 3.8) is 0 Å². The molecule has 0 aliphatic heterocycles. The summed E-state index contributed by atoms with van der Waals surface area (Å²) in [5, 5.41) is 0. The fourth-order valence-corrected chi connectivity index (χ4v) is 2.78. The Labute approximate surface area is 86.4 Å². The zero-order valence-corrected chi connectivity index (χ0v) is 9.35. The lowest BCUT2D eigenvalue weighted by atomic mass is 9.66. The number of hydrogen-bond acceptors (Lipinski definition) is 4. The van der Waals surface area contributed by atoms with Crippen LogP contribution < -0.4 is 22.9 Å². The van der Waals surface area contributed by atoms with Crippen LogP contribution in [-0.2, 0) is 0 Å². The second-order valence-electron chi connectivity index (χ2n) is 4.99. The van der Waals surface area contributed by atoms with Crippen LogP contribution in [0.1, 0.15) is 20.8 Å². The molecule has 0 aromatic heterocycles. The zero-order chi connectivity index (χ0) is 11.0. The van der Waals surface area contributed by atoms with Gasteiger partial charge in [-0.05, 0) is 17.8 Å². The first-order valence-corrected chi connectivity index (χ1v) is 5.40. The van der Waals surface area contributed by atoms with Gasteiger partial charge in [0, 0.05) is 24.2 Å². The highest BCUT2D eigenvalue weighted by Gasteiger charge is 2.43. The smallest absolute Gasteiger partial charge is 0.0364 e.